The van der Waals surface area contributed by atoms with Crippen LogP contribution in [0.2, 0.25) is 0 Å². The summed E-state index contributed by atoms with van der Waals surface area (Å²) < 4.78 is 16.2. The van der Waals surface area contributed by atoms with E-state index in [1.54, 1.807) is 0 Å². The maximum absolute atomic E-state index is 12.1. The molecular weight excluding hydrogens is 356 g/mol. The third-order valence-electron chi connectivity index (χ3n) is 4.01. The van der Waals surface area contributed by atoms with Gasteiger partial charge >= 0.3 is 0 Å². The number of ether oxygens (including phenoxy) is 3. The minimum absolute atomic E-state index is 0. The standard InChI is InChI=1S/C19H22N2O4.ClH/c1-21(2)16(14-8-9-17-18(10-14)25-13-24-17)11-20-19(22)12-23-15-6-4-3-5-7-15;/h3-10,16H,11-13H2,1-2H3,(H,20,22);1H. The molecule has 2 aromatic carbocycles. The molecule has 1 unspecified atom stereocenters. The lowest BCUT2D eigenvalue weighted by molar-refractivity contribution is -0.123. The van der Waals surface area contributed by atoms with Gasteiger partial charge in [-0.2, -0.15) is 0 Å². The Morgan fingerprint density at radius 2 is 1.88 bits per heavy atom. The lowest BCUT2D eigenvalue weighted by Crippen LogP contribution is -2.36. The first kappa shape index (κ1) is 19.9. The Bertz CT molecular complexity index is 725. The Balaban J connectivity index is 0.00000243. The first-order chi connectivity index (χ1) is 12.1. The molecule has 1 amide bonds. The quantitative estimate of drug-likeness (QED) is 0.802. The van der Waals surface area contributed by atoms with E-state index in [0.29, 0.717) is 12.3 Å². The summed E-state index contributed by atoms with van der Waals surface area (Å²) in [6.45, 7) is 0.716. The van der Waals surface area contributed by atoms with E-state index < -0.39 is 0 Å². The number of likely N-dealkylation sites (N-methyl/N-ethyl adjacent to an activating group) is 1. The Hall–Kier alpha value is -2.44. The van der Waals surface area contributed by atoms with Crippen molar-refractivity contribution >= 4 is 18.3 Å². The van der Waals surface area contributed by atoms with Crippen LogP contribution in [0.25, 0.3) is 0 Å². The van der Waals surface area contributed by atoms with Crippen LogP contribution in [-0.2, 0) is 4.79 Å². The van der Waals surface area contributed by atoms with Crippen LogP contribution in [0.3, 0.4) is 0 Å². The lowest BCUT2D eigenvalue weighted by Gasteiger charge is -2.25. The second-order valence-corrected chi connectivity index (χ2v) is 6.00. The average Bonchev–Trinajstić information content (AvgIpc) is 3.08. The number of nitrogens with one attached hydrogen (secondary N) is 1. The van der Waals surface area contributed by atoms with Gasteiger partial charge in [0.05, 0.1) is 6.04 Å². The number of fused-ring (bicyclic) bond motifs is 1. The van der Waals surface area contributed by atoms with E-state index >= 15 is 0 Å². The van der Waals surface area contributed by atoms with Crippen molar-refractivity contribution in [1.29, 1.82) is 0 Å². The molecule has 26 heavy (non-hydrogen) atoms. The average molecular weight is 379 g/mol. The van der Waals surface area contributed by atoms with Gasteiger partial charge in [-0.1, -0.05) is 24.3 Å². The molecular formula is C19H23ClN2O4. The van der Waals surface area contributed by atoms with Gasteiger partial charge in [0.1, 0.15) is 5.75 Å². The summed E-state index contributed by atoms with van der Waals surface area (Å²) in [5.41, 5.74) is 1.05. The van der Waals surface area contributed by atoms with Gasteiger partial charge in [-0.05, 0) is 43.9 Å². The van der Waals surface area contributed by atoms with E-state index in [2.05, 4.69) is 10.2 Å². The maximum Gasteiger partial charge on any atom is 0.258 e. The van der Waals surface area contributed by atoms with Crippen LogP contribution in [0.15, 0.2) is 48.5 Å². The minimum Gasteiger partial charge on any atom is -0.484 e. The topological polar surface area (TPSA) is 60.0 Å². The fourth-order valence-electron chi connectivity index (χ4n) is 2.65. The van der Waals surface area contributed by atoms with Crippen LogP contribution < -0.4 is 19.5 Å². The zero-order chi connectivity index (χ0) is 17.6. The minimum atomic E-state index is -0.156. The third-order valence-corrected chi connectivity index (χ3v) is 4.01. The van der Waals surface area contributed by atoms with Crippen molar-refractivity contribution in [3.8, 4) is 17.2 Å². The highest BCUT2D eigenvalue weighted by Crippen LogP contribution is 2.34. The van der Waals surface area contributed by atoms with Gasteiger partial charge in [-0.15, -0.1) is 12.4 Å². The van der Waals surface area contributed by atoms with E-state index in [0.717, 1.165) is 17.1 Å². The number of hydrogen-bond donors (Lipinski definition) is 1. The van der Waals surface area contributed by atoms with E-state index in [-0.39, 0.29) is 37.8 Å². The Kier molecular flexibility index (Phi) is 7.12. The van der Waals surface area contributed by atoms with Gasteiger partial charge in [0.25, 0.3) is 5.91 Å². The number of benzene rings is 2. The van der Waals surface area contributed by atoms with Crippen LogP contribution in [0.5, 0.6) is 17.2 Å². The third kappa shape index (κ3) is 5.03. The first-order valence-electron chi connectivity index (χ1n) is 8.14. The highest BCUT2D eigenvalue weighted by molar-refractivity contribution is 5.85. The molecule has 0 saturated heterocycles. The molecule has 1 atom stereocenters. The number of halogens is 1. The summed E-state index contributed by atoms with van der Waals surface area (Å²) in [5, 5.41) is 2.92. The van der Waals surface area contributed by atoms with Gasteiger partial charge in [0.2, 0.25) is 6.79 Å². The van der Waals surface area contributed by atoms with E-state index in [4.69, 9.17) is 14.2 Å². The van der Waals surface area contributed by atoms with Crippen molar-refractivity contribution in [2.75, 3.05) is 34.0 Å². The predicted octanol–water partition coefficient (Wildman–Crippen LogP) is 2.64. The summed E-state index contributed by atoms with van der Waals surface area (Å²) in [5.74, 6) is 2.01. The summed E-state index contributed by atoms with van der Waals surface area (Å²) in [4.78, 5) is 14.1. The number of rotatable bonds is 7. The summed E-state index contributed by atoms with van der Waals surface area (Å²) in [6.07, 6.45) is 0. The maximum atomic E-state index is 12.1. The molecule has 0 bridgehead atoms. The van der Waals surface area contributed by atoms with Gasteiger partial charge in [-0.25, -0.2) is 0 Å². The molecule has 1 heterocycles. The molecule has 1 N–H and O–H groups in total. The van der Waals surface area contributed by atoms with Gasteiger partial charge < -0.3 is 24.4 Å². The van der Waals surface area contributed by atoms with Crippen molar-refractivity contribution in [2.45, 2.75) is 6.04 Å². The van der Waals surface area contributed by atoms with Crippen molar-refractivity contribution in [1.82, 2.24) is 10.2 Å². The Morgan fingerprint density at radius 1 is 1.15 bits per heavy atom. The zero-order valence-electron chi connectivity index (χ0n) is 14.8. The summed E-state index contributed by atoms with van der Waals surface area (Å²) in [7, 11) is 3.95. The number of para-hydroxylation sites is 1. The van der Waals surface area contributed by atoms with Crippen LogP contribution in [0.1, 0.15) is 11.6 Å². The molecule has 0 spiro atoms. The SMILES string of the molecule is CN(C)C(CNC(=O)COc1ccccc1)c1ccc2c(c1)OCO2.Cl. The molecule has 7 heteroatoms. The molecule has 0 radical (unpaired) electrons. The Morgan fingerprint density at radius 3 is 2.62 bits per heavy atom. The number of carbonyl (C=O) groups is 1. The molecule has 0 saturated carbocycles. The molecule has 0 aliphatic carbocycles. The molecule has 6 nitrogen and oxygen atoms in total. The molecule has 1 aliphatic rings. The van der Waals surface area contributed by atoms with E-state index in [1.807, 2.05) is 62.6 Å². The van der Waals surface area contributed by atoms with Crippen molar-refractivity contribution in [3.63, 3.8) is 0 Å². The monoisotopic (exact) mass is 378 g/mol. The van der Waals surface area contributed by atoms with Crippen molar-refractivity contribution in [3.05, 3.63) is 54.1 Å². The highest BCUT2D eigenvalue weighted by atomic mass is 35.5. The van der Waals surface area contributed by atoms with Crippen LogP contribution in [0.4, 0.5) is 0 Å². The molecule has 0 fully saturated rings. The molecule has 3 rings (SSSR count). The van der Waals surface area contributed by atoms with E-state index in [1.165, 1.54) is 0 Å². The fraction of sp³-hybridized carbons (Fsp3) is 0.316. The number of hydrogen-bond acceptors (Lipinski definition) is 5. The lowest BCUT2D eigenvalue weighted by atomic mass is 10.1. The van der Waals surface area contributed by atoms with Crippen LogP contribution >= 0.6 is 12.4 Å². The summed E-state index contributed by atoms with van der Waals surface area (Å²) >= 11 is 0. The second kappa shape index (κ2) is 9.31. The van der Waals surface area contributed by atoms with Crippen LogP contribution in [-0.4, -0.2) is 44.8 Å². The molecule has 1 aliphatic heterocycles. The smallest absolute Gasteiger partial charge is 0.258 e. The molecule has 0 aromatic heterocycles. The van der Waals surface area contributed by atoms with Gasteiger partial charge in [0.15, 0.2) is 18.1 Å². The second-order valence-electron chi connectivity index (χ2n) is 6.00. The normalized spacial score (nSPS) is 13.0. The van der Waals surface area contributed by atoms with Gasteiger partial charge in [-0.3, -0.25) is 4.79 Å². The largest absolute Gasteiger partial charge is 0.484 e. The highest BCUT2D eigenvalue weighted by Gasteiger charge is 2.20. The molecule has 2 aromatic rings. The zero-order valence-corrected chi connectivity index (χ0v) is 15.6. The van der Waals surface area contributed by atoms with Crippen molar-refractivity contribution < 1.29 is 19.0 Å². The number of amides is 1. The fourth-order valence-corrected chi connectivity index (χ4v) is 2.65. The van der Waals surface area contributed by atoms with Crippen LogP contribution in [0, 0.1) is 0 Å². The van der Waals surface area contributed by atoms with Crippen molar-refractivity contribution in [2.24, 2.45) is 0 Å². The first-order valence-corrected chi connectivity index (χ1v) is 8.14. The summed E-state index contributed by atoms with van der Waals surface area (Å²) in [6, 6.07) is 15.2. The predicted molar refractivity (Wildman–Crippen MR) is 101 cm³/mol. The van der Waals surface area contributed by atoms with Gasteiger partial charge in [0, 0.05) is 6.54 Å². The Labute approximate surface area is 159 Å². The number of carbonyl (C=O) groups excluding carboxylic acids is 1. The van der Waals surface area contributed by atoms with E-state index in [9.17, 15) is 4.79 Å². The number of nitrogens with zero attached hydrogens (tertiary/aromatic N) is 1. The molecule has 140 valence electrons.